The van der Waals surface area contributed by atoms with E-state index in [2.05, 4.69) is 10.6 Å². The Morgan fingerprint density at radius 1 is 1.10 bits per heavy atom. The molecule has 0 aliphatic rings. The summed E-state index contributed by atoms with van der Waals surface area (Å²) < 4.78 is 0. The normalized spacial score (nSPS) is 14.8. The van der Waals surface area contributed by atoms with Crippen LogP contribution in [0.25, 0.3) is 0 Å². The molecule has 0 aromatic rings. The summed E-state index contributed by atoms with van der Waals surface area (Å²) in [5.74, 6) is -2.69. The van der Waals surface area contributed by atoms with Gasteiger partial charge in [0.05, 0.1) is 6.42 Å². The van der Waals surface area contributed by atoms with E-state index in [1.54, 1.807) is 6.92 Å². The zero-order chi connectivity index (χ0) is 15.9. The first-order chi connectivity index (χ1) is 9.18. The van der Waals surface area contributed by atoms with Crippen molar-refractivity contribution in [2.75, 3.05) is 0 Å². The third-order valence-corrected chi connectivity index (χ3v) is 2.92. The van der Waals surface area contributed by atoms with Gasteiger partial charge in [0.25, 0.3) is 0 Å². The van der Waals surface area contributed by atoms with E-state index < -0.39 is 29.8 Å². The van der Waals surface area contributed by atoms with Crippen molar-refractivity contribution in [2.24, 2.45) is 17.4 Å². The topological polar surface area (TPSA) is 144 Å². The second-order valence-corrected chi connectivity index (χ2v) is 4.70. The molecule has 6 N–H and O–H groups in total. The van der Waals surface area contributed by atoms with Gasteiger partial charge < -0.3 is 22.1 Å². The molecular formula is C12H22N4O4. The summed E-state index contributed by atoms with van der Waals surface area (Å²) in [6, 6.07) is -1.98. The Hall–Kier alpha value is -2.12. The van der Waals surface area contributed by atoms with Crippen molar-refractivity contribution in [3.8, 4) is 0 Å². The third kappa shape index (κ3) is 6.17. The number of hydrogen-bond donors (Lipinski definition) is 4. The van der Waals surface area contributed by atoms with Crippen molar-refractivity contribution in [1.82, 2.24) is 10.6 Å². The SMILES string of the molecule is CCC(C)C(NC(C)=O)C(=O)NC(CC(N)=O)C(N)=O. The summed E-state index contributed by atoms with van der Waals surface area (Å²) >= 11 is 0. The summed E-state index contributed by atoms with van der Waals surface area (Å²) in [4.78, 5) is 45.2. The zero-order valence-electron chi connectivity index (χ0n) is 11.9. The Balaban J connectivity index is 4.91. The highest BCUT2D eigenvalue weighted by molar-refractivity contribution is 5.93. The Kier molecular flexibility index (Phi) is 7.27. The van der Waals surface area contributed by atoms with Crippen LogP contribution in [0.15, 0.2) is 0 Å². The highest BCUT2D eigenvalue weighted by atomic mass is 16.2. The lowest BCUT2D eigenvalue weighted by Gasteiger charge is -2.24. The molecule has 0 fully saturated rings. The van der Waals surface area contributed by atoms with Gasteiger partial charge in [-0.25, -0.2) is 0 Å². The minimum atomic E-state index is -1.18. The number of carbonyl (C=O) groups is 4. The fraction of sp³-hybridized carbons (Fsp3) is 0.667. The number of carbonyl (C=O) groups excluding carboxylic acids is 4. The predicted octanol–water partition coefficient (Wildman–Crippen LogP) is -1.62. The maximum atomic E-state index is 12.1. The van der Waals surface area contributed by atoms with Gasteiger partial charge in [-0.1, -0.05) is 20.3 Å². The lowest BCUT2D eigenvalue weighted by Crippen LogP contribution is -2.55. The van der Waals surface area contributed by atoms with Crippen LogP contribution in [-0.2, 0) is 19.2 Å². The largest absolute Gasteiger partial charge is 0.370 e. The number of nitrogens with two attached hydrogens (primary N) is 2. The van der Waals surface area contributed by atoms with E-state index >= 15 is 0 Å². The Morgan fingerprint density at radius 2 is 1.65 bits per heavy atom. The van der Waals surface area contributed by atoms with Crippen molar-refractivity contribution in [3.63, 3.8) is 0 Å². The maximum Gasteiger partial charge on any atom is 0.243 e. The minimum absolute atomic E-state index is 0.138. The summed E-state index contributed by atoms with van der Waals surface area (Å²) in [6.07, 6.45) is 0.268. The van der Waals surface area contributed by atoms with Gasteiger partial charge in [0.2, 0.25) is 23.6 Å². The molecule has 0 saturated carbocycles. The highest BCUT2D eigenvalue weighted by Crippen LogP contribution is 2.08. The number of hydrogen-bond acceptors (Lipinski definition) is 4. The van der Waals surface area contributed by atoms with Crippen molar-refractivity contribution in [3.05, 3.63) is 0 Å². The smallest absolute Gasteiger partial charge is 0.243 e. The molecule has 0 aromatic heterocycles. The lowest BCUT2D eigenvalue weighted by molar-refractivity contribution is -0.133. The molecule has 8 nitrogen and oxygen atoms in total. The van der Waals surface area contributed by atoms with Crippen molar-refractivity contribution in [1.29, 1.82) is 0 Å². The predicted molar refractivity (Wildman–Crippen MR) is 72.0 cm³/mol. The Morgan fingerprint density at radius 3 is 2.00 bits per heavy atom. The Bertz CT molecular complexity index is 397. The van der Waals surface area contributed by atoms with E-state index in [1.165, 1.54) is 6.92 Å². The van der Waals surface area contributed by atoms with Crippen LogP contribution in [0.3, 0.4) is 0 Å². The fourth-order valence-electron chi connectivity index (χ4n) is 1.61. The van der Waals surface area contributed by atoms with Crippen LogP contribution in [0, 0.1) is 5.92 Å². The molecule has 0 bridgehead atoms. The Labute approximate surface area is 117 Å². The maximum absolute atomic E-state index is 12.1. The summed E-state index contributed by atoms with van der Waals surface area (Å²) in [5, 5.41) is 4.85. The quantitative estimate of drug-likeness (QED) is 0.425. The second kappa shape index (κ2) is 8.13. The van der Waals surface area contributed by atoms with Crippen LogP contribution in [-0.4, -0.2) is 35.7 Å². The molecule has 20 heavy (non-hydrogen) atoms. The summed E-state index contributed by atoms with van der Waals surface area (Å²) in [5.41, 5.74) is 10.1. The zero-order valence-corrected chi connectivity index (χ0v) is 11.9. The number of rotatable bonds is 8. The van der Waals surface area contributed by atoms with Gasteiger partial charge in [-0.3, -0.25) is 19.2 Å². The van der Waals surface area contributed by atoms with Crippen molar-refractivity contribution in [2.45, 2.75) is 45.7 Å². The van der Waals surface area contributed by atoms with Gasteiger partial charge in [0, 0.05) is 6.92 Å². The number of amides is 4. The summed E-state index contributed by atoms with van der Waals surface area (Å²) in [7, 11) is 0. The van der Waals surface area contributed by atoms with Crippen LogP contribution in [0.5, 0.6) is 0 Å². The van der Waals surface area contributed by atoms with Gasteiger partial charge >= 0.3 is 0 Å². The van der Waals surface area contributed by atoms with E-state index in [9.17, 15) is 19.2 Å². The van der Waals surface area contributed by atoms with Crippen LogP contribution < -0.4 is 22.1 Å². The molecule has 0 spiro atoms. The van der Waals surface area contributed by atoms with E-state index in [4.69, 9.17) is 11.5 Å². The van der Waals surface area contributed by atoms with Gasteiger partial charge in [-0.05, 0) is 5.92 Å². The van der Waals surface area contributed by atoms with E-state index in [0.717, 1.165) is 0 Å². The van der Waals surface area contributed by atoms with Crippen LogP contribution in [0.2, 0.25) is 0 Å². The molecular weight excluding hydrogens is 264 g/mol. The molecule has 0 saturated heterocycles. The number of primary amides is 2. The molecule has 0 rings (SSSR count). The first kappa shape index (κ1) is 17.9. The molecule has 8 heteroatoms. The van der Waals surface area contributed by atoms with Gasteiger partial charge in [-0.15, -0.1) is 0 Å². The van der Waals surface area contributed by atoms with E-state index in [1.807, 2.05) is 6.92 Å². The number of nitrogens with one attached hydrogen (secondary N) is 2. The molecule has 0 aliphatic carbocycles. The highest BCUT2D eigenvalue weighted by Gasteiger charge is 2.28. The average Bonchev–Trinajstić information content (AvgIpc) is 2.33. The van der Waals surface area contributed by atoms with Gasteiger partial charge in [0.15, 0.2) is 0 Å². The molecule has 0 heterocycles. The van der Waals surface area contributed by atoms with Crippen molar-refractivity contribution >= 4 is 23.6 Å². The van der Waals surface area contributed by atoms with Crippen molar-refractivity contribution < 1.29 is 19.2 Å². The lowest BCUT2D eigenvalue weighted by atomic mass is 9.97. The van der Waals surface area contributed by atoms with Gasteiger partial charge in [0.1, 0.15) is 12.1 Å². The van der Waals surface area contributed by atoms with Crippen LogP contribution in [0.1, 0.15) is 33.6 Å². The minimum Gasteiger partial charge on any atom is -0.370 e. The molecule has 0 aromatic carbocycles. The fourth-order valence-corrected chi connectivity index (χ4v) is 1.61. The average molecular weight is 286 g/mol. The van der Waals surface area contributed by atoms with Crippen LogP contribution in [0.4, 0.5) is 0 Å². The van der Waals surface area contributed by atoms with Gasteiger partial charge in [-0.2, -0.15) is 0 Å². The third-order valence-electron chi connectivity index (χ3n) is 2.92. The molecule has 0 aliphatic heterocycles. The second-order valence-electron chi connectivity index (χ2n) is 4.70. The standard InChI is InChI=1S/C12H22N4O4/c1-4-6(2)10(15-7(3)17)12(20)16-8(11(14)19)5-9(13)18/h6,8,10H,4-5H2,1-3H3,(H2,13,18)(H2,14,19)(H,15,17)(H,16,20). The summed E-state index contributed by atoms with van der Waals surface area (Å²) in [6.45, 7) is 4.94. The van der Waals surface area contributed by atoms with Crippen LogP contribution >= 0.6 is 0 Å². The first-order valence-electron chi connectivity index (χ1n) is 6.34. The molecule has 114 valence electrons. The molecule has 0 radical (unpaired) electrons. The molecule has 4 amide bonds. The van der Waals surface area contributed by atoms with E-state index in [0.29, 0.717) is 6.42 Å². The first-order valence-corrected chi connectivity index (χ1v) is 6.34. The molecule has 3 unspecified atom stereocenters. The molecule has 3 atom stereocenters. The van der Waals surface area contributed by atoms with E-state index in [-0.39, 0.29) is 18.2 Å². The monoisotopic (exact) mass is 286 g/mol.